The summed E-state index contributed by atoms with van der Waals surface area (Å²) in [7, 11) is 0. The second-order valence-electron chi connectivity index (χ2n) is 12.6. The molecule has 0 aromatic heterocycles. The molecule has 2 heteroatoms. The number of fused-ring (bicyclic) bond motifs is 5. The number of rotatable bonds is 5. The molecule has 0 aromatic carbocycles. The Morgan fingerprint density at radius 3 is 2.38 bits per heavy atom. The molecule has 2 nitrogen and oxygen atoms in total. The van der Waals surface area contributed by atoms with E-state index in [0.29, 0.717) is 16.7 Å². The first-order valence-corrected chi connectivity index (χ1v) is 13.3. The molecule has 0 aromatic rings. The molecule has 0 saturated heterocycles. The molecule has 5 fully saturated rings. The zero-order valence-corrected chi connectivity index (χ0v) is 19.1. The maximum atomic E-state index is 10.4. The highest BCUT2D eigenvalue weighted by Gasteiger charge is 2.59. The van der Waals surface area contributed by atoms with E-state index < -0.39 is 0 Å². The minimum Gasteiger partial charge on any atom is -0.393 e. The van der Waals surface area contributed by atoms with Gasteiger partial charge in [-0.2, -0.15) is 0 Å². The summed E-state index contributed by atoms with van der Waals surface area (Å²) in [4.78, 5) is 0. The van der Waals surface area contributed by atoms with Crippen LogP contribution in [0.4, 0.5) is 0 Å². The Balaban J connectivity index is 1.22. The topological polar surface area (TPSA) is 40.5 Å². The Bertz CT molecular complexity index is 585. The molecule has 0 aliphatic heterocycles. The van der Waals surface area contributed by atoms with Crippen LogP contribution < -0.4 is 0 Å². The average molecular weight is 403 g/mol. The maximum absolute atomic E-state index is 10.4. The van der Waals surface area contributed by atoms with Gasteiger partial charge in [0.1, 0.15) is 0 Å². The lowest BCUT2D eigenvalue weighted by Gasteiger charge is -2.61. The van der Waals surface area contributed by atoms with Crippen LogP contribution in [0.3, 0.4) is 0 Å². The van der Waals surface area contributed by atoms with Crippen LogP contribution in [-0.2, 0) is 0 Å². The summed E-state index contributed by atoms with van der Waals surface area (Å²) in [6, 6.07) is 0. The highest BCUT2D eigenvalue weighted by molar-refractivity contribution is 5.09. The van der Waals surface area contributed by atoms with Gasteiger partial charge < -0.3 is 10.2 Å². The van der Waals surface area contributed by atoms with Crippen molar-refractivity contribution < 1.29 is 10.2 Å². The Morgan fingerprint density at radius 2 is 1.62 bits per heavy atom. The molecule has 9 unspecified atom stereocenters. The predicted octanol–water partition coefficient (Wildman–Crippen LogP) is 6.34. The molecular weight excluding hydrogens is 356 g/mol. The van der Waals surface area contributed by atoms with Crippen LogP contribution in [-0.4, -0.2) is 22.4 Å². The molecule has 0 bridgehead atoms. The first-order chi connectivity index (χ1) is 13.9. The van der Waals surface area contributed by atoms with Gasteiger partial charge in [-0.1, -0.05) is 26.7 Å². The second-order valence-corrected chi connectivity index (χ2v) is 12.6. The third-order valence-electron chi connectivity index (χ3n) is 11.6. The lowest BCUT2D eigenvalue weighted by atomic mass is 9.44. The van der Waals surface area contributed by atoms with E-state index in [1.165, 1.54) is 77.0 Å². The summed E-state index contributed by atoms with van der Waals surface area (Å²) in [5.74, 6) is 5.14. The lowest BCUT2D eigenvalue weighted by molar-refractivity contribution is -0.127. The van der Waals surface area contributed by atoms with E-state index in [2.05, 4.69) is 13.8 Å². The Kier molecular flexibility index (Phi) is 5.60. The maximum Gasteiger partial charge on any atom is 0.0568 e. The van der Waals surface area contributed by atoms with Crippen molar-refractivity contribution >= 4 is 0 Å². The van der Waals surface area contributed by atoms with Crippen molar-refractivity contribution in [3.63, 3.8) is 0 Å². The number of hydrogen-bond donors (Lipinski definition) is 2. The third kappa shape index (κ3) is 3.43. The summed E-state index contributed by atoms with van der Waals surface area (Å²) in [6.45, 7) is 5.27. The van der Waals surface area contributed by atoms with Crippen molar-refractivity contribution in [3.05, 3.63) is 0 Å². The van der Waals surface area contributed by atoms with E-state index in [9.17, 15) is 10.2 Å². The van der Waals surface area contributed by atoms with E-state index in [0.717, 1.165) is 48.9 Å². The smallest absolute Gasteiger partial charge is 0.0568 e. The summed E-state index contributed by atoms with van der Waals surface area (Å²) < 4.78 is 0. The molecule has 2 N–H and O–H groups in total. The van der Waals surface area contributed by atoms with Crippen LogP contribution in [0.15, 0.2) is 0 Å². The highest BCUT2D eigenvalue weighted by Crippen LogP contribution is 2.67. The van der Waals surface area contributed by atoms with Gasteiger partial charge in [0.2, 0.25) is 0 Å². The van der Waals surface area contributed by atoms with Gasteiger partial charge in [-0.05, 0) is 130 Å². The fraction of sp³-hybridized carbons (Fsp3) is 1.00. The van der Waals surface area contributed by atoms with Gasteiger partial charge in [0.25, 0.3) is 0 Å². The molecular formula is C27H46O2. The molecule has 9 atom stereocenters. The standard InChI is InChI=1S/C27H46O2/c1-26-16-14-24-22(11-9-20-17-21(28)13-15-27(20,24)2)23(26)12-10-19(26)7-4-8-25(29)18-5-3-6-18/h18-25,28-29H,3-17H2,1-2H3. The van der Waals surface area contributed by atoms with Crippen LogP contribution in [0.25, 0.3) is 0 Å². The third-order valence-corrected chi connectivity index (χ3v) is 11.6. The van der Waals surface area contributed by atoms with Crippen molar-refractivity contribution in [1.29, 1.82) is 0 Å². The van der Waals surface area contributed by atoms with E-state index in [-0.39, 0.29) is 12.2 Å². The lowest BCUT2D eigenvalue weighted by Crippen LogP contribution is -2.53. The molecule has 5 saturated carbocycles. The van der Waals surface area contributed by atoms with Crippen molar-refractivity contribution in [2.24, 2.45) is 46.3 Å². The zero-order valence-electron chi connectivity index (χ0n) is 19.1. The molecule has 0 amide bonds. The van der Waals surface area contributed by atoms with E-state index >= 15 is 0 Å². The van der Waals surface area contributed by atoms with Crippen molar-refractivity contribution in [2.45, 2.75) is 122 Å². The monoisotopic (exact) mass is 402 g/mol. The minimum absolute atomic E-state index is 0.0126. The molecule has 0 spiro atoms. The molecule has 0 heterocycles. The Morgan fingerprint density at radius 1 is 0.862 bits per heavy atom. The number of hydrogen-bond acceptors (Lipinski definition) is 2. The van der Waals surface area contributed by atoms with Crippen molar-refractivity contribution in [3.8, 4) is 0 Å². The summed E-state index contributed by atoms with van der Waals surface area (Å²) >= 11 is 0. The molecule has 5 aliphatic carbocycles. The van der Waals surface area contributed by atoms with Gasteiger partial charge >= 0.3 is 0 Å². The molecule has 5 aliphatic rings. The van der Waals surface area contributed by atoms with Crippen LogP contribution in [0, 0.1) is 46.3 Å². The first-order valence-electron chi connectivity index (χ1n) is 13.3. The normalized spacial score (nSPS) is 50.9. The van der Waals surface area contributed by atoms with Crippen LogP contribution in [0.5, 0.6) is 0 Å². The van der Waals surface area contributed by atoms with Gasteiger partial charge in [-0.15, -0.1) is 0 Å². The molecule has 0 radical (unpaired) electrons. The first kappa shape index (κ1) is 20.8. The minimum atomic E-state index is -0.0235. The van der Waals surface area contributed by atoms with Gasteiger partial charge in [-0.25, -0.2) is 0 Å². The molecule has 166 valence electrons. The second kappa shape index (κ2) is 7.80. The molecule has 5 rings (SSSR count). The van der Waals surface area contributed by atoms with Gasteiger partial charge in [0.15, 0.2) is 0 Å². The average Bonchev–Trinajstić information content (AvgIpc) is 2.97. The predicted molar refractivity (Wildman–Crippen MR) is 118 cm³/mol. The number of aliphatic hydroxyl groups is 2. The van der Waals surface area contributed by atoms with Crippen LogP contribution in [0.2, 0.25) is 0 Å². The SMILES string of the molecule is CC12CCC3C(CCC4CC(O)CCC43C)C1CCC2CCCC(O)C1CCC1. The van der Waals surface area contributed by atoms with Gasteiger partial charge in [0.05, 0.1) is 12.2 Å². The van der Waals surface area contributed by atoms with E-state index in [4.69, 9.17) is 0 Å². The highest BCUT2D eigenvalue weighted by atomic mass is 16.3. The Labute approximate surface area is 179 Å². The fourth-order valence-electron chi connectivity index (χ4n) is 9.45. The van der Waals surface area contributed by atoms with Crippen molar-refractivity contribution in [2.75, 3.05) is 0 Å². The van der Waals surface area contributed by atoms with Gasteiger partial charge in [0, 0.05) is 0 Å². The summed E-state index contributed by atoms with van der Waals surface area (Å²) in [6.07, 6.45) is 19.5. The van der Waals surface area contributed by atoms with E-state index in [1.54, 1.807) is 0 Å². The van der Waals surface area contributed by atoms with E-state index in [1.807, 2.05) is 0 Å². The summed E-state index contributed by atoms with van der Waals surface area (Å²) in [5.41, 5.74) is 1.08. The summed E-state index contributed by atoms with van der Waals surface area (Å²) in [5, 5.41) is 20.7. The molecule has 29 heavy (non-hydrogen) atoms. The Hall–Kier alpha value is -0.0800. The van der Waals surface area contributed by atoms with Crippen LogP contribution in [0.1, 0.15) is 110 Å². The van der Waals surface area contributed by atoms with Crippen molar-refractivity contribution in [1.82, 2.24) is 0 Å². The quantitative estimate of drug-likeness (QED) is 0.563. The number of aliphatic hydroxyl groups excluding tert-OH is 2. The zero-order chi connectivity index (χ0) is 20.2. The van der Waals surface area contributed by atoms with Gasteiger partial charge in [-0.3, -0.25) is 0 Å². The fourth-order valence-corrected chi connectivity index (χ4v) is 9.45. The largest absolute Gasteiger partial charge is 0.393 e. The van der Waals surface area contributed by atoms with Crippen LogP contribution >= 0.6 is 0 Å².